The summed E-state index contributed by atoms with van der Waals surface area (Å²) in [4.78, 5) is 12.4. The maximum atomic E-state index is 12.4. The smallest absolute Gasteiger partial charge is 0.252 e. The van der Waals surface area contributed by atoms with Crippen LogP contribution >= 0.6 is 31.9 Å². The molecule has 0 radical (unpaired) electrons. The fourth-order valence-corrected chi connectivity index (χ4v) is 2.79. The molecule has 0 bridgehead atoms. The molecule has 3 nitrogen and oxygen atoms in total. The molecular formula is C16H16Br2N2O. The van der Waals surface area contributed by atoms with Gasteiger partial charge in [0, 0.05) is 20.2 Å². The molecule has 0 heterocycles. The Hall–Kier alpha value is -1.33. The third-order valence-electron chi connectivity index (χ3n) is 3.37. The van der Waals surface area contributed by atoms with Gasteiger partial charge < -0.3 is 11.1 Å². The molecule has 2 rings (SSSR count). The third kappa shape index (κ3) is 3.86. The quantitative estimate of drug-likeness (QED) is 0.725. The topological polar surface area (TPSA) is 55.1 Å². The van der Waals surface area contributed by atoms with Gasteiger partial charge in [-0.15, -0.1) is 0 Å². The molecule has 1 atom stereocenters. The van der Waals surface area contributed by atoms with E-state index in [0.29, 0.717) is 11.3 Å². The Bertz CT molecular complexity index is 669. The van der Waals surface area contributed by atoms with Gasteiger partial charge in [0.1, 0.15) is 0 Å². The van der Waals surface area contributed by atoms with Crippen molar-refractivity contribution in [1.29, 1.82) is 0 Å². The van der Waals surface area contributed by atoms with Crippen molar-refractivity contribution in [3.8, 4) is 0 Å². The lowest BCUT2D eigenvalue weighted by Gasteiger charge is -2.16. The summed E-state index contributed by atoms with van der Waals surface area (Å²) in [5.74, 6) is -0.129. The van der Waals surface area contributed by atoms with Crippen LogP contribution in [0.2, 0.25) is 0 Å². The van der Waals surface area contributed by atoms with E-state index in [0.717, 1.165) is 20.1 Å². The number of halogens is 2. The van der Waals surface area contributed by atoms with Gasteiger partial charge in [-0.3, -0.25) is 4.79 Å². The highest BCUT2D eigenvalue weighted by atomic mass is 79.9. The van der Waals surface area contributed by atoms with Crippen molar-refractivity contribution < 1.29 is 4.79 Å². The summed E-state index contributed by atoms with van der Waals surface area (Å²) in [5, 5.41) is 3.00. The van der Waals surface area contributed by atoms with Crippen LogP contribution in [0.5, 0.6) is 0 Å². The number of hydrogen-bond acceptors (Lipinski definition) is 2. The van der Waals surface area contributed by atoms with Gasteiger partial charge in [-0.25, -0.2) is 0 Å². The highest BCUT2D eigenvalue weighted by molar-refractivity contribution is 9.10. The maximum Gasteiger partial charge on any atom is 0.252 e. The van der Waals surface area contributed by atoms with Crippen molar-refractivity contribution in [1.82, 2.24) is 5.32 Å². The molecule has 110 valence electrons. The average molecular weight is 412 g/mol. The molecule has 0 saturated carbocycles. The van der Waals surface area contributed by atoms with Crippen LogP contribution in [0.1, 0.15) is 34.5 Å². The molecule has 0 aliphatic rings. The SMILES string of the molecule is Cc1c(N)cc(Br)cc1C(=O)N[C@@H](C)c1ccc(Br)cc1. The minimum absolute atomic E-state index is 0.0785. The summed E-state index contributed by atoms with van der Waals surface area (Å²) in [6.45, 7) is 3.80. The molecule has 0 aromatic heterocycles. The molecule has 2 aromatic carbocycles. The van der Waals surface area contributed by atoms with Gasteiger partial charge in [-0.2, -0.15) is 0 Å². The highest BCUT2D eigenvalue weighted by Gasteiger charge is 2.15. The number of nitrogen functional groups attached to an aromatic ring is 1. The van der Waals surface area contributed by atoms with Crippen LogP contribution in [0, 0.1) is 6.92 Å². The normalized spacial score (nSPS) is 12.0. The van der Waals surface area contributed by atoms with Gasteiger partial charge in [0.05, 0.1) is 6.04 Å². The van der Waals surface area contributed by atoms with E-state index in [2.05, 4.69) is 37.2 Å². The first kappa shape index (κ1) is 16.0. The van der Waals surface area contributed by atoms with Gasteiger partial charge >= 0.3 is 0 Å². The van der Waals surface area contributed by atoms with Gasteiger partial charge in [0.2, 0.25) is 0 Å². The molecular weight excluding hydrogens is 396 g/mol. The largest absolute Gasteiger partial charge is 0.398 e. The lowest BCUT2D eigenvalue weighted by molar-refractivity contribution is 0.0939. The number of carbonyl (C=O) groups is 1. The van der Waals surface area contributed by atoms with Crippen LogP contribution in [0.15, 0.2) is 45.3 Å². The number of nitrogens with two attached hydrogens (primary N) is 1. The van der Waals surface area contributed by atoms with Crippen LogP contribution in [0.25, 0.3) is 0 Å². The van der Waals surface area contributed by atoms with Crippen LogP contribution in [-0.2, 0) is 0 Å². The van der Waals surface area contributed by atoms with E-state index in [-0.39, 0.29) is 11.9 Å². The fraction of sp³-hybridized carbons (Fsp3) is 0.188. The molecule has 21 heavy (non-hydrogen) atoms. The average Bonchev–Trinajstić information content (AvgIpc) is 2.43. The fourth-order valence-electron chi connectivity index (χ4n) is 2.05. The maximum absolute atomic E-state index is 12.4. The Morgan fingerprint density at radius 1 is 1.14 bits per heavy atom. The minimum atomic E-state index is -0.129. The molecule has 0 aliphatic carbocycles. The highest BCUT2D eigenvalue weighted by Crippen LogP contribution is 2.24. The summed E-state index contributed by atoms with van der Waals surface area (Å²) in [6.07, 6.45) is 0. The Kier molecular flexibility index (Phi) is 5.06. The Morgan fingerprint density at radius 3 is 2.38 bits per heavy atom. The molecule has 3 N–H and O–H groups in total. The predicted molar refractivity (Wildman–Crippen MR) is 93.3 cm³/mol. The molecule has 0 saturated heterocycles. The van der Waals surface area contributed by atoms with Crippen LogP contribution in [-0.4, -0.2) is 5.91 Å². The van der Waals surface area contributed by atoms with Crippen molar-refractivity contribution in [2.75, 3.05) is 5.73 Å². The second kappa shape index (κ2) is 6.62. The minimum Gasteiger partial charge on any atom is -0.398 e. The second-order valence-corrected chi connectivity index (χ2v) is 6.75. The van der Waals surface area contributed by atoms with Crippen molar-refractivity contribution in [3.63, 3.8) is 0 Å². The van der Waals surface area contributed by atoms with E-state index >= 15 is 0 Å². The monoisotopic (exact) mass is 410 g/mol. The number of rotatable bonds is 3. The van der Waals surface area contributed by atoms with Crippen molar-refractivity contribution in [2.24, 2.45) is 0 Å². The summed E-state index contributed by atoms with van der Waals surface area (Å²) in [5.41, 5.74) is 8.93. The van der Waals surface area contributed by atoms with Crippen LogP contribution in [0.3, 0.4) is 0 Å². The van der Waals surface area contributed by atoms with E-state index in [4.69, 9.17) is 5.73 Å². The van der Waals surface area contributed by atoms with E-state index < -0.39 is 0 Å². The van der Waals surface area contributed by atoms with Crippen molar-refractivity contribution in [2.45, 2.75) is 19.9 Å². The van der Waals surface area contributed by atoms with E-state index in [1.807, 2.05) is 38.1 Å². The Labute approximate surface area is 141 Å². The predicted octanol–water partition coefficient (Wildman–Crippen LogP) is 4.59. The number of hydrogen-bond donors (Lipinski definition) is 2. The molecule has 2 aromatic rings. The third-order valence-corrected chi connectivity index (χ3v) is 4.36. The molecule has 1 amide bonds. The van der Waals surface area contributed by atoms with Gasteiger partial charge in [0.15, 0.2) is 0 Å². The first-order valence-electron chi connectivity index (χ1n) is 6.50. The van der Waals surface area contributed by atoms with Crippen molar-refractivity contribution in [3.05, 3.63) is 62.0 Å². The molecule has 5 heteroatoms. The van der Waals surface area contributed by atoms with Crippen LogP contribution in [0.4, 0.5) is 5.69 Å². The zero-order valence-electron chi connectivity index (χ0n) is 11.8. The number of anilines is 1. The Balaban J connectivity index is 2.20. The molecule has 0 aliphatic heterocycles. The van der Waals surface area contributed by atoms with Gasteiger partial charge in [0.25, 0.3) is 5.91 Å². The standard InChI is InChI=1S/C16H16Br2N2O/c1-9-14(7-13(18)8-15(9)19)16(21)20-10(2)11-3-5-12(17)6-4-11/h3-8,10H,19H2,1-2H3,(H,20,21)/t10-/m0/s1. The van der Waals surface area contributed by atoms with Crippen LogP contribution < -0.4 is 11.1 Å². The zero-order chi connectivity index (χ0) is 15.6. The first-order chi connectivity index (χ1) is 9.88. The van der Waals surface area contributed by atoms with Gasteiger partial charge in [-0.1, -0.05) is 44.0 Å². The lowest BCUT2D eigenvalue weighted by Crippen LogP contribution is -2.27. The number of benzene rings is 2. The molecule has 0 unspecified atom stereocenters. The van der Waals surface area contributed by atoms with E-state index in [1.54, 1.807) is 12.1 Å². The van der Waals surface area contributed by atoms with E-state index in [9.17, 15) is 4.79 Å². The molecule has 0 spiro atoms. The van der Waals surface area contributed by atoms with Crippen molar-refractivity contribution >= 4 is 43.5 Å². The molecule has 0 fully saturated rings. The summed E-state index contributed by atoms with van der Waals surface area (Å²) in [6, 6.07) is 11.4. The summed E-state index contributed by atoms with van der Waals surface area (Å²) >= 11 is 6.77. The number of carbonyl (C=O) groups excluding carboxylic acids is 1. The first-order valence-corrected chi connectivity index (χ1v) is 8.09. The second-order valence-electron chi connectivity index (χ2n) is 4.91. The Morgan fingerprint density at radius 2 is 1.76 bits per heavy atom. The summed E-state index contributed by atoms with van der Waals surface area (Å²) < 4.78 is 1.81. The zero-order valence-corrected chi connectivity index (χ0v) is 15.0. The summed E-state index contributed by atoms with van der Waals surface area (Å²) in [7, 11) is 0. The van der Waals surface area contributed by atoms with E-state index in [1.165, 1.54) is 0 Å². The lowest BCUT2D eigenvalue weighted by atomic mass is 10.0. The number of nitrogens with one attached hydrogen (secondary N) is 1. The van der Waals surface area contributed by atoms with Gasteiger partial charge in [-0.05, 0) is 49.2 Å². The number of amides is 1.